The van der Waals surface area contributed by atoms with Crippen molar-refractivity contribution in [3.05, 3.63) is 57.7 Å². The monoisotopic (exact) mass is 355 g/mol. The van der Waals surface area contributed by atoms with Crippen molar-refractivity contribution in [3.63, 3.8) is 0 Å². The molecular weight excluding hydrogens is 330 g/mol. The molecule has 0 aliphatic heterocycles. The fraction of sp³-hybridized carbons (Fsp3) is 0.368. The largest absolute Gasteiger partial charge is 0.357 e. The van der Waals surface area contributed by atoms with Gasteiger partial charge in [0.05, 0.1) is 12.2 Å². The molecule has 5 nitrogen and oxygen atoms in total. The topological polar surface area (TPSA) is 53.7 Å². The maximum atomic E-state index is 4.72. The van der Waals surface area contributed by atoms with Gasteiger partial charge in [-0.1, -0.05) is 6.07 Å². The van der Waals surface area contributed by atoms with Crippen molar-refractivity contribution in [2.45, 2.75) is 33.7 Å². The predicted molar refractivity (Wildman–Crippen MR) is 106 cm³/mol. The summed E-state index contributed by atoms with van der Waals surface area (Å²) >= 11 is 1.80. The minimum absolute atomic E-state index is 0.710. The Hall–Kier alpha value is -2.34. The molecule has 0 saturated heterocycles. The van der Waals surface area contributed by atoms with Gasteiger partial charge in [0.15, 0.2) is 5.96 Å². The van der Waals surface area contributed by atoms with E-state index in [-0.39, 0.29) is 0 Å². The number of aliphatic imine (C=N–C) groups is 1. The number of hydrogen-bond acceptors (Lipinski definition) is 3. The lowest BCUT2D eigenvalue weighted by molar-refractivity contribution is 0.792. The lowest BCUT2D eigenvalue weighted by Gasteiger charge is -2.10. The van der Waals surface area contributed by atoms with Gasteiger partial charge in [0, 0.05) is 41.7 Å². The van der Waals surface area contributed by atoms with Crippen molar-refractivity contribution in [1.29, 1.82) is 0 Å². The van der Waals surface area contributed by atoms with Crippen molar-refractivity contribution in [2.75, 3.05) is 13.1 Å². The highest BCUT2D eigenvalue weighted by Gasteiger charge is 2.04. The molecule has 6 heteroatoms. The van der Waals surface area contributed by atoms with Gasteiger partial charge in [0.25, 0.3) is 0 Å². The zero-order valence-corrected chi connectivity index (χ0v) is 15.9. The van der Waals surface area contributed by atoms with E-state index in [9.17, 15) is 0 Å². The molecule has 2 N–H and O–H groups in total. The number of rotatable bonds is 6. The number of fused-ring (bicyclic) bond motifs is 1. The normalized spacial score (nSPS) is 11.9. The molecule has 0 aliphatic carbocycles. The quantitative estimate of drug-likeness (QED) is 0.527. The lowest BCUT2D eigenvalue weighted by atomic mass is 10.3. The number of aryl methyl sites for hydroxylation is 2. The zero-order valence-electron chi connectivity index (χ0n) is 15.0. The molecule has 0 radical (unpaired) electrons. The number of guanidine groups is 1. The highest BCUT2D eigenvalue weighted by Crippen LogP contribution is 2.15. The number of pyridine rings is 1. The Morgan fingerprint density at radius 3 is 2.84 bits per heavy atom. The van der Waals surface area contributed by atoms with Crippen LogP contribution in [0.4, 0.5) is 0 Å². The molecule has 0 spiro atoms. The van der Waals surface area contributed by atoms with Gasteiger partial charge in [-0.25, -0.2) is 9.98 Å². The van der Waals surface area contributed by atoms with Crippen LogP contribution in [0.5, 0.6) is 0 Å². The van der Waals surface area contributed by atoms with Crippen LogP contribution in [0, 0.1) is 13.8 Å². The minimum atomic E-state index is 0.710. The van der Waals surface area contributed by atoms with E-state index in [2.05, 4.69) is 65.2 Å². The van der Waals surface area contributed by atoms with Crippen LogP contribution < -0.4 is 10.6 Å². The molecule has 132 valence electrons. The van der Waals surface area contributed by atoms with E-state index >= 15 is 0 Å². The van der Waals surface area contributed by atoms with Crippen LogP contribution in [0.25, 0.3) is 5.65 Å². The summed E-state index contributed by atoms with van der Waals surface area (Å²) in [5.74, 6) is 0.855. The van der Waals surface area contributed by atoms with Crippen molar-refractivity contribution in [1.82, 2.24) is 20.0 Å². The molecule has 0 saturated carbocycles. The molecule has 25 heavy (non-hydrogen) atoms. The Labute approximate surface area is 152 Å². The van der Waals surface area contributed by atoms with E-state index in [4.69, 9.17) is 4.98 Å². The third kappa shape index (κ3) is 4.60. The number of thiophene rings is 1. The molecule has 0 amide bonds. The molecule has 3 aromatic heterocycles. The summed E-state index contributed by atoms with van der Waals surface area (Å²) in [6.07, 6.45) is 5.01. The molecule has 0 aromatic carbocycles. The molecule has 0 atom stereocenters. The fourth-order valence-corrected chi connectivity index (χ4v) is 3.52. The number of aromatic nitrogens is 2. The van der Waals surface area contributed by atoms with E-state index in [1.807, 2.05) is 12.3 Å². The summed E-state index contributed by atoms with van der Waals surface area (Å²) in [6, 6.07) is 8.42. The number of imidazole rings is 1. The average Bonchev–Trinajstić information content (AvgIpc) is 3.19. The van der Waals surface area contributed by atoms with Crippen LogP contribution in [0.1, 0.15) is 27.9 Å². The van der Waals surface area contributed by atoms with Gasteiger partial charge in [-0.2, -0.15) is 0 Å². The summed E-state index contributed by atoms with van der Waals surface area (Å²) in [7, 11) is 0. The van der Waals surface area contributed by atoms with Crippen LogP contribution in [-0.2, 0) is 13.0 Å². The molecule has 0 aliphatic rings. The van der Waals surface area contributed by atoms with Gasteiger partial charge in [0.2, 0.25) is 0 Å². The first kappa shape index (κ1) is 17.5. The predicted octanol–water partition coefficient (Wildman–Crippen LogP) is 3.31. The van der Waals surface area contributed by atoms with Gasteiger partial charge in [-0.3, -0.25) is 0 Å². The van der Waals surface area contributed by atoms with Crippen LogP contribution >= 0.6 is 11.3 Å². The summed E-state index contributed by atoms with van der Waals surface area (Å²) in [4.78, 5) is 12.0. The van der Waals surface area contributed by atoms with E-state index < -0.39 is 0 Å². The number of nitrogens with zero attached hydrogens (tertiary/aromatic N) is 3. The Kier molecular flexibility index (Phi) is 5.71. The first-order chi connectivity index (χ1) is 12.2. The second kappa shape index (κ2) is 8.16. The first-order valence-electron chi connectivity index (χ1n) is 8.66. The Morgan fingerprint density at radius 1 is 1.24 bits per heavy atom. The van der Waals surface area contributed by atoms with Gasteiger partial charge >= 0.3 is 0 Å². The molecule has 0 fully saturated rings. The first-order valence-corrected chi connectivity index (χ1v) is 9.48. The van der Waals surface area contributed by atoms with E-state index in [1.165, 1.54) is 15.3 Å². The maximum Gasteiger partial charge on any atom is 0.191 e. The number of hydrogen-bond donors (Lipinski definition) is 2. The Bertz CT molecular complexity index is 862. The molecule has 3 aromatic rings. The molecule has 0 unspecified atom stereocenters. The summed E-state index contributed by atoms with van der Waals surface area (Å²) in [5.41, 5.74) is 3.32. The highest BCUT2D eigenvalue weighted by atomic mass is 32.1. The second-order valence-electron chi connectivity index (χ2n) is 6.04. The van der Waals surface area contributed by atoms with Gasteiger partial charge in [-0.05, 0) is 44.5 Å². The lowest BCUT2D eigenvalue weighted by Crippen LogP contribution is -2.38. The van der Waals surface area contributed by atoms with Gasteiger partial charge in [0.1, 0.15) is 5.65 Å². The standard InChI is InChI=1S/C19H25N5S/c1-4-20-19(22-12-17-8-7-15(3)25-17)21-10-9-16-13-24-11-5-6-14(2)18(24)23-16/h5-8,11,13H,4,9-10,12H2,1-3H3,(H2,20,21,22). The van der Waals surface area contributed by atoms with Gasteiger partial charge in [-0.15, -0.1) is 11.3 Å². The van der Waals surface area contributed by atoms with E-state index in [0.717, 1.165) is 36.8 Å². The van der Waals surface area contributed by atoms with E-state index in [1.54, 1.807) is 11.3 Å². The maximum absolute atomic E-state index is 4.72. The van der Waals surface area contributed by atoms with Crippen LogP contribution in [0.3, 0.4) is 0 Å². The summed E-state index contributed by atoms with van der Waals surface area (Å²) in [5, 5.41) is 6.70. The van der Waals surface area contributed by atoms with E-state index in [0.29, 0.717) is 6.54 Å². The Balaban J connectivity index is 1.58. The van der Waals surface area contributed by atoms with Crippen molar-refractivity contribution in [3.8, 4) is 0 Å². The third-order valence-corrected chi connectivity index (χ3v) is 4.92. The van der Waals surface area contributed by atoms with Crippen LogP contribution in [-0.4, -0.2) is 28.4 Å². The number of nitrogens with one attached hydrogen (secondary N) is 2. The SMILES string of the molecule is CCNC(=NCc1ccc(C)s1)NCCc1cn2cccc(C)c2n1. The van der Waals surface area contributed by atoms with Crippen molar-refractivity contribution in [2.24, 2.45) is 4.99 Å². The smallest absolute Gasteiger partial charge is 0.191 e. The average molecular weight is 356 g/mol. The van der Waals surface area contributed by atoms with Crippen LogP contribution in [0.2, 0.25) is 0 Å². The Morgan fingerprint density at radius 2 is 2.12 bits per heavy atom. The molecular formula is C19H25N5S. The third-order valence-electron chi connectivity index (χ3n) is 3.93. The molecule has 3 heterocycles. The summed E-state index contributed by atoms with van der Waals surface area (Å²) in [6.45, 7) is 8.66. The highest BCUT2D eigenvalue weighted by molar-refractivity contribution is 7.11. The zero-order chi connectivity index (χ0) is 17.6. The van der Waals surface area contributed by atoms with Gasteiger partial charge < -0.3 is 15.0 Å². The molecule has 0 bridgehead atoms. The summed E-state index contributed by atoms with van der Waals surface area (Å²) < 4.78 is 2.09. The second-order valence-corrected chi connectivity index (χ2v) is 7.41. The van der Waals surface area contributed by atoms with Crippen LogP contribution in [0.15, 0.2) is 41.7 Å². The van der Waals surface area contributed by atoms with Crippen molar-refractivity contribution < 1.29 is 0 Å². The minimum Gasteiger partial charge on any atom is -0.357 e. The fourth-order valence-electron chi connectivity index (χ4n) is 2.70. The van der Waals surface area contributed by atoms with Crippen molar-refractivity contribution >= 4 is 22.9 Å². The molecule has 3 rings (SSSR count).